The molecule has 1 heterocycles. The maximum atomic E-state index is 5.51. The molecule has 0 bridgehead atoms. The van der Waals surface area contributed by atoms with Crippen LogP contribution in [-0.4, -0.2) is 29.5 Å². The van der Waals surface area contributed by atoms with Crippen molar-refractivity contribution in [3.63, 3.8) is 0 Å². The van der Waals surface area contributed by atoms with Crippen molar-refractivity contribution in [1.82, 2.24) is 9.55 Å². The molecule has 0 fully saturated rings. The van der Waals surface area contributed by atoms with E-state index in [1.807, 2.05) is 18.2 Å². The summed E-state index contributed by atoms with van der Waals surface area (Å²) in [5.74, 6) is 3.31. The molecule has 0 spiro atoms. The van der Waals surface area contributed by atoms with Crippen LogP contribution < -0.4 is 9.47 Å². The Morgan fingerprint density at radius 1 is 1.27 bits per heavy atom. The predicted molar refractivity (Wildman–Crippen MR) is 105 cm³/mol. The van der Waals surface area contributed by atoms with E-state index < -0.39 is 0 Å². The Hall–Kier alpha value is -2.30. The van der Waals surface area contributed by atoms with Crippen molar-refractivity contribution in [2.24, 2.45) is 10.9 Å². The summed E-state index contributed by atoms with van der Waals surface area (Å²) in [5, 5.41) is 0. The quantitative estimate of drug-likeness (QED) is 0.756. The molecule has 1 aliphatic carbocycles. The topological polar surface area (TPSA) is 48.6 Å². The maximum absolute atomic E-state index is 5.51. The van der Waals surface area contributed by atoms with Crippen molar-refractivity contribution in [3.8, 4) is 11.5 Å². The van der Waals surface area contributed by atoms with Crippen molar-refractivity contribution >= 4 is 5.71 Å². The number of aryl methyl sites for hydroxylation is 1. The normalized spacial score (nSPS) is 18.5. The lowest BCUT2D eigenvalue weighted by Gasteiger charge is -2.11. The molecule has 1 aromatic heterocycles. The Bertz CT molecular complexity index is 808. The molecular formula is C21H29N3O2. The molecule has 26 heavy (non-hydrogen) atoms. The molecule has 0 amide bonds. The predicted octanol–water partition coefficient (Wildman–Crippen LogP) is 4.19. The number of rotatable bonds is 5. The third-order valence-corrected chi connectivity index (χ3v) is 5.20. The highest BCUT2D eigenvalue weighted by Crippen LogP contribution is 2.28. The van der Waals surface area contributed by atoms with Gasteiger partial charge in [0, 0.05) is 23.9 Å². The van der Waals surface area contributed by atoms with Crippen molar-refractivity contribution in [2.45, 2.75) is 53.1 Å². The fourth-order valence-electron chi connectivity index (χ4n) is 3.73. The van der Waals surface area contributed by atoms with Gasteiger partial charge in [-0.1, -0.05) is 6.92 Å². The summed E-state index contributed by atoms with van der Waals surface area (Å²) in [6.45, 7) is 8.13. The zero-order valence-electron chi connectivity index (χ0n) is 16.5. The van der Waals surface area contributed by atoms with E-state index in [-0.39, 0.29) is 0 Å². The van der Waals surface area contributed by atoms with Gasteiger partial charge in [-0.15, -0.1) is 0 Å². The van der Waals surface area contributed by atoms with Gasteiger partial charge in [0.05, 0.1) is 26.5 Å². The van der Waals surface area contributed by atoms with Gasteiger partial charge in [0.1, 0.15) is 23.0 Å². The van der Waals surface area contributed by atoms with Gasteiger partial charge in [0.25, 0.3) is 0 Å². The summed E-state index contributed by atoms with van der Waals surface area (Å²) >= 11 is 0. The minimum Gasteiger partial charge on any atom is -0.497 e. The van der Waals surface area contributed by atoms with E-state index in [1.165, 1.54) is 12.1 Å². The Morgan fingerprint density at radius 2 is 2.08 bits per heavy atom. The van der Waals surface area contributed by atoms with E-state index in [2.05, 4.69) is 25.3 Å². The summed E-state index contributed by atoms with van der Waals surface area (Å²) < 4.78 is 13.1. The second-order valence-corrected chi connectivity index (χ2v) is 6.99. The van der Waals surface area contributed by atoms with Crippen LogP contribution in [0.4, 0.5) is 0 Å². The number of hydrogen-bond acceptors (Lipinski definition) is 4. The fourth-order valence-corrected chi connectivity index (χ4v) is 3.73. The molecule has 0 aliphatic heterocycles. The highest BCUT2D eigenvalue weighted by Gasteiger charge is 2.24. The Kier molecular flexibility index (Phi) is 5.64. The molecule has 2 aromatic rings. The molecule has 0 saturated carbocycles. The highest BCUT2D eigenvalue weighted by atomic mass is 16.5. The van der Waals surface area contributed by atoms with Gasteiger partial charge in [-0.05, 0) is 51.2 Å². The zero-order valence-corrected chi connectivity index (χ0v) is 16.5. The zero-order chi connectivity index (χ0) is 18.7. The van der Waals surface area contributed by atoms with Crippen LogP contribution in [0, 0.1) is 12.8 Å². The van der Waals surface area contributed by atoms with E-state index in [1.54, 1.807) is 14.2 Å². The minimum absolute atomic E-state index is 0.590. The monoisotopic (exact) mass is 355 g/mol. The number of methoxy groups -OCH3 is 2. The summed E-state index contributed by atoms with van der Waals surface area (Å²) in [6.07, 6.45) is 3.24. The molecule has 3 rings (SSSR count). The van der Waals surface area contributed by atoms with E-state index in [4.69, 9.17) is 19.5 Å². The lowest BCUT2D eigenvalue weighted by molar-refractivity contribution is 0.391. The number of hydrogen-bond donors (Lipinski definition) is 0. The lowest BCUT2D eigenvalue weighted by atomic mass is 10.0. The second-order valence-electron chi connectivity index (χ2n) is 6.99. The van der Waals surface area contributed by atoms with Crippen LogP contribution in [-0.2, 0) is 19.5 Å². The van der Waals surface area contributed by atoms with Gasteiger partial charge in [0.15, 0.2) is 0 Å². The van der Waals surface area contributed by atoms with Crippen LogP contribution in [0.1, 0.15) is 49.5 Å². The van der Waals surface area contributed by atoms with E-state index >= 15 is 0 Å². The Balaban J connectivity index is 1.95. The third-order valence-electron chi connectivity index (χ3n) is 5.20. The first-order chi connectivity index (χ1) is 12.6. The molecule has 0 saturated heterocycles. The van der Waals surface area contributed by atoms with E-state index in [9.17, 15) is 0 Å². The SMILES string of the molecule is CCn1c(C)nc2c1CCC(C)CC2=NCc1ccc(OC)cc1OC. The minimum atomic E-state index is 0.590. The number of aliphatic imine (C=N–C) groups is 1. The molecule has 5 heteroatoms. The largest absolute Gasteiger partial charge is 0.497 e. The Labute approximate surface area is 156 Å². The average Bonchev–Trinajstić information content (AvgIpc) is 2.89. The van der Waals surface area contributed by atoms with Gasteiger partial charge in [-0.25, -0.2) is 4.98 Å². The van der Waals surface area contributed by atoms with Crippen molar-refractivity contribution in [2.75, 3.05) is 14.2 Å². The van der Waals surface area contributed by atoms with Gasteiger partial charge in [-0.2, -0.15) is 0 Å². The van der Waals surface area contributed by atoms with Crippen LogP contribution in [0.2, 0.25) is 0 Å². The van der Waals surface area contributed by atoms with Crippen LogP contribution in [0.25, 0.3) is 0 Å². The number of nitrogens with zero attached hydrogens (tertiary/aromatic N) is 3. The second kappa shape index (κ2) is 7.94. The number of benzene rings is 1. The van der Waals surface area contributed by atoms with Crippen LogP contribution in [0.15, 0.2) is 23.2 Å². The molecule has 1 atom stereocenters. The van der Waals surface area contributed by atoms with Crippen LogP contribution >= 0.6 is 0 Å². The van der Waals surface area contributed by atoms with E-state index in [0.29, 0.717) is 12.5 Å². The molecule has 1 unspecified atom stereocenters. The molecule has 140 valence electrons. The van der Waals surface area contributed by atoms with Gasteiger partial charge in [0.2, 0.25) is 0 Å². The number of ether oxygens (including phenoxy) is 2. The first-order valence-corrected chi connectivity index (χ1v) is 9.37. The number of aromatic nitrogens is 2. The number of imidazole rings is 1. The Morgan fingerprint density at radius 3 is 2.77 bits per heavy atom. The van der Waals surface area contributed by atoms with Gasteiger partial charge in [-0.3, -0.25) is 4.99 Å². The summed E-state index contributed by atoms with van der Waals surface area (Å²) in [4.78, 5) is 9.84. The van der Waals surface area contributed by atoms with Crippen molar-refractivity contribution in [1.29, 1.82) is 0 Å². The molecule has 5 nitrogen and oxygen atoms in total. The van der Waals surface area contributed by atoms with Gasteiger partial charge >= 0.3 is 0 Å². The smallest absolute Gasteiger partial charge is 0.127 e. The molecule has 0 N–H and O–H groups in total. The van der Waals surface area contributed by atoms with Crippen molar-refractivity contribution < 1.29 is 9.47 Å². The van der Waals surface area contributed by atoms with Gasteiger partial charge < -0.3 is 14.0 Å². The van der Waals surface area contributed by atoms with Crippen LogP contribution in [0.5, 0.6) is 11.5 Å². The lowest BCUT2D eigenvalue weighted by Crippen LogP contribution is -2.07. The van der Waals surface area contributed by atoms with E-state index in [0.717, 1.165) is 53.7 Å². The molecule has 1 aliphatic rings. The molecular weight excluding hydrogens is 326 g/mol. The third kappa shape index (κ3) is 3.62. The summed E-state index contributed by atoms with van der Waals surface area (Å²) in [6, 6.07) is 5.89. The summed E-state index contributed by atoms with van der Waals surface area (Å²) in [7, 11) is 3.35. The molecule has 1 aromatic carbocycles. The fraction of sp³-hybridized carbons (Fsp3) is 0.524. The first-order valence-electron chi connectivity index (χ1n) is 9.37. The van der Waals surface area contributed by atoms with Crippen LogP contribution in [0.3, 0.4) is 0 Å². The number of fused-ring (bicyclic) bond motifs is 1. The first kappa shape index (κ1) is 18.5. The summed E-state index contributed by atoms with van der Waals surface area (Å²) in [5.41, 5.74) is 4.63. The standard InChI is InChI=1S/C21H29N3O2/c1-6-24-15(3)23-21-18(11-14(2)7-10-19(21)24)22-13-16-8-9-17(25-4)12-20(16)26-5/h8-9,12,14H,6-7,10-11,13H2,1-5H3. The van der Waals surface area contributed by atoms with Crippen molar-refractivity contribution in [3.05, 3.63) is 41.0 Å². The molecule has 0 radical (unpaired) electrons. The highest BCUT2D eigenvalue weighted by molar-refractivity contribution is 6.00. The maximum Gasteiger partial charge on any atom is 0.127 e. The average molecular weight is 355 g/mol.